The first-order valence-corrected chi connectivity index (χ1v) is 7.81. The lowest BCUT2D eigenvalue weighted by atomic mass is 10.0. The average molecular weight is 329 g/mol. The summed E-state index contributed by atoms with van der Waals surface area (Å²) in [6, 6.07) is 3.53. The molecule has 0 radical (unpaired) electrons. The zero-order valence-electron chi connectivity index (χ0n) is 12.6. The van der Waals surface area contributed by atoms with Gasteiger partial charge in [0.15, 0.2) is 5.11 Å². The van der Waals surface area contributed by atoms with Crippen LogP contribution >= 0.6 is 23.8 Å². The molecular weight excluding hydrogens is 308 g/mol. The standard InChI is InChI=1S/C15H21ClN2O2S/c1-10-5-4-6-18(9-10)15(21)17-12-8-13(19-2)11(16)7-14(12)20-3/h7-8,10H,4-6,9H2,1-3H3,(H,17,21)/t10-/m0/s1. The van der Waals surface area contributed by atoms with E-state index in [0.717, 1.165) is 18.8 Å². The zero-order chi connectivity index (χ0) is 15.4. The number of benzene rings is 1. The maximum atomic E-state index is 6.11. The first-order chi connectivity index (χ1) is 10.0. The van der Waals surface area contributed by atoms with Gasteiger partial charge in [-0.05, 0) is 31.0 Å². The van der Waals surface area contributed by atoms with Gasteiger partial charge in [0.25, 0.3) is 0 Å². The lowest BCUT2D eigenvalue weighted by Gasteiger charge is -2.33. The molecule has 0 spiro atoms. The molecule has 1 aromatic rings. The maximum absolute atomic E-state index is 6.11. The molecule has 0 unspecified atom stereocenters. The molecule has 0 amide bonds. The molecule has 6 heteroatoms. The Morgan fingerprint density at radius 1 is 1.33 bits per heavy atom. The van der Waals surface area contributed by atoms with Crippen molar-refractivity contribution in [3.63, 3.8) is 0 Å². The van der Waals surface area contributed by atoms with Crippen LogP contribution in [-0.4, -0.2) is 37.3 Å². The molecule has 4 nitrogen and oxygen atoms in total. The Balaban J connectivity index is 2.16. The Labute approximate surface area is 136 Å². The van der Waals surface area contributed by atoms with Crippen LogP contribution in [0.3, 0.4) is 0 Å². The number of halogens is 1. The molecular formula is C15H21ClN2O2S. The van der Waals surface area contributed by atoms with Crippen LogP contribution in [0.5, 0.6) is 11.5 Å². The van der Waals surface area contributed by atoms with E-state index in [4.69, 9.17) is 33.3 Å². The van der Waals surface area contributed by atoms with E-state index in [9.17, 15) is 0 Å². The van der Waals surface area contributed by atoms with Crippen molar-refractivity contribution in [3.8, 4) is 11.5 Å². The molecule has 1 N–H and O–H groups in total. The number of thiocarbonyl (C=S) groups is 1. The van der Waals surface area contributed by atoms with Crippen molar-refractivity contribution in [2.24, 2.45) is 5.92 Å². The average Bonchev–Trinajstić information content (AvgIpc) is 2.48. The predicted octanol–water partition coefficient (Wildman–Crippen LogP) is 3.79. The molecule has 1 aliphatic rings. The third-order valence-electron chi connectivity index (χ3n) is 3.66. The summed E-state index contributed by atoms with van der Waals surface area (Å²) in [5.41, 5.74) is 0.766. The molecule has 1 fully saturated rings. The number of nitrogens with zero attached hydrogens (tertiary/aromatic N) is 1. The summed E-state index contributed by atoms with van der Waals surface area (Å²) in [5.74, 6) is 1.91. The second-order valence-corrected chi connectivity index (χ2v) is 6.10. The smallest absolute Gasteiger partial charge is 0.173 e. The number of rotatable bonds is 3. The van der Waals surface area contributed by atoms with Crippen LogP contribution in [0, 0.1) is 5.92 Å². The number of methoxy groups -OCH3 is 2. The van der Waals surface area contributed by atoms with Gasteiger partial charge in [-0.2, -0.15) is 0 Å². The molecule has 0 aliphatic carbocycles. The van der Waals surface area contributed by atoms with Gasteiger partial charge in [0.05, 0.1) is 24.9 Å². The van der Waals surface area contributed by atoms with Crippen LogP contribution in [0.2, 0.25) is 5.02 Å². The van der Waals surface area contributed by atoms with Gasteiger partial charge in [-0.25, -0.2) is 0 Å². The number of hydrogen-bond donors (Lipinski definition) is 1. The minimum atomic E-state index is 0.511. The van der Waals surface area contributed by atoms with Crippen molar-refractivity contribution >= 4 is 34.6 Å². The maximum Gasteiger partial charge on any atom is 0.173 e. The Hall–Kier alpha value is -1.20. The summed E-state index contributed by atoms with van der Waals surface area (Å²) in [6.45, 7) is 4.22. The highest BCUT2D eigenvalue weighted by Crippen LogP contribution is 2.36. The summed E-state index contributed by atoms with van der Waals surface area (Å²) in [4.78, 5) is 2.20. The van der Waals surface area contributed by atoms with E-state index in [-0.39, 0.29) is 0 Å². The summed E-state index contributed by atoms with van der Waals surface area (Å²) in [7, 11) is 3.19. The molecule has 116 valence electrons. The van der Waals surface area contributed by atoms with Crippen LogP contribution in [0.25, 0.3) is 0 Å². The Morgan fingerprint density at radius 3 is 2.67 bits per heavy atom. The van der Waals surface area contributed by atoms with Crippen molar-refractivity contribution in [2.75, 3.05) is 32.6 Å². The highest BCUT2D eigenvalue weighted by molar-refractivity contribution is 7.80. The summed E-state index contributed by atoms with van der Waals surface area (Å²) in [5, 5.41) is 4.47. The van der Waals surface area contributed by atoms with E-state index in [2.05, 4.69) is 17.1 Å². The summed E-state index contributed by atoms with van der Waals surface area (Å²) in [6.07, 6.45) is 2.43. The fraction of sp³-hybridized carbons (Fsp3) is 0.533. The number of ether oxygens (including phenoxy) is 2. The summed E-state index contributed by atoms with van der Waals surface area (Å²) < 4.78 is 10.6. The Morgan fingerprint density at radius 2 is 2.05 bits per heavy atom. The lowest BCUT2D eigenvalue weighted by Crippen LogP contribution is -2.41. The van der Waals surface area contributed by atoms with Gasteiger partial charge in [-0.1, -0.05) is 18.5 Å². The number of hydrogen-bond acceptors (Lipinski definition) is 3. The van der Waals surface area contributed by atoms with Gasteiger partial charge in [0.2, 0.25) is 0 Å². The van der Waals surface area contributed by atoms with Gasteiger partial charge in [-0.15, -0.1) is 0 Å². The van der Waals surface area contributed by atoms with Crippen molar-refractivity contribution in [1.29, 1.82) is 0 Å². The van der Waals surface area contributed by atoms with Crippen LogP contribution in [0.1, 0.15) is 19.8 Å². The largest absolute Gasteiger partial charge is 0.495 e. The van der Waals surface area contributed by atoms with Gasteiger partial charge in [0, 0.05) is 25.2 Å². The zero-order valence-corrected chi connectivity index (χ0v) is 14.2. The van der Waals surface area contributed by atoms with Gasteiger partial charge < -0.3 is 19.7 Å². The molecule has 21 heavy (non-hydrogen) atoms. The van der Waals surface area contributed by atoms with Gasteiger partial charge >= 0.3 is 0 Å². The third-order valence-corrected chi connectivity index (χ3v) is 4.32. The van der Waals surface area contributed by atoms with Crippen LogP contribution in [-0.2, 0) is 0 Å². The van der Waals surface area contributed by atoms with Gasteiger partial charge in [-0.3, -0.25) is 0 Å². The molecule has 2 rings (SSSR count). The van der Waals surface area contributed by atoms with Crippen molar-refractivity contribution < 1.29 is 9.47 Å². The van der Waals surface area contributed by atoms with Gasteiger partial charge in [0.1, 0.15) is 11.5 Å². The van der Waals surface area contributed by atoms with Crippen LogP contribution in [0.4, 0.5) is 5.69 Å². The first-order valence-electron chi connectivity index (χ1n) is 7.02. The third kappa shape index (κ3) is 3.92. The molecule has 1 aliphatic heterocycles. The van der Waals surface area contributed by atoms with Crippen molar-refractivity contribution in [3.05, 3.63) is 17.2 Å². The van der Waals surface area contributed by atoms with Crippen molar-refractivity contribution in [1.82, 2.24) is 4.90 Å². The number of nitrogens with one attached hydrogen (secondary N) is 1. The first kappa shape index (κ1) is 16.2. The Kier molecular flexibility index (Phi) is 5.53. The number of anilines is 1. The monoisotopic (exact) mass is 328 g/mol. The van der Waals surface area contributed by atoms with E-state index in [1.54, 1.807) is 26.4 Å². The molecule has 1 atom stereocenters. The topological polar surface area (TPSA) is 33.7 Å². The van der Waals surface area contributed by atoms with Crippen LogP contribution in [0.15, 0.2) is 12.1 Å². The number of likely N-dealkylation sites (tertiary alicyclic amines) is 1. The van der Waals surface area contributed by atoms with Crippen molar-refractivity contribution in [2.45, 2.75) is 19.8 Å². The molecule has 1 saturated heterocycles. The highest BCUT2D eigenvalue weighted by Gasteiger charge is 2.20. The van der Waals surface area contributed by atoms with E-state index in [1.807, 2.05) is 0 Å². The van der Waals surface area contributed by atoms with E-state index in [0.29, 0.717) is 27.6 Å². The predicted molar refractivity (Wildman–Crippen MR) is 90.7 cm³/mol. The minimum absolute atomic E-state index is 0.511. The highest BCUT2D eigenvalue weighted by atomic mass is 35.5. The Bertz CT molecular complexity index is 525. The normalized spacial score (nSPS) is 18.3. The summed E-state index contributed by atoms with van der Waals surface area (Å²) >= 11 is 11.6. The van der Waals surface area contributed by atoms with Crippen LogP contribution < -0.4 is 14.8 Å². The molecule has 0 bridgehead atoms. The van der Waals surface area contributed by atoms with E-state index in [1.165, 1.54) is 12.8 Å². The lowest BCUT2D eigenvalue weighted by molar-refractivity contribution is 0.276. The minimum Gasteiger partial charge on any atom is -0.495 e. The van der Waals surface area contributed by atoms with E-state index >= 15 is 0 Å². The van der Waals surface area contributed by atoms with E-state index < -0.39 is 0 Å². The second-order valence-electron chi connectivity index (χ2n) is 5.31. The molecule has 1 heterocycles. The second kappa shape index (κ2) is 7.18. The molecule has 0 aromatic heterocycles. The fourth-order valence-corrected chi connectivity index (χ4v) is 3.03. The number of piperidine rings is 1. The SMILES string of the molecule is COc1cc(NC(=S)N2CCC[C@H](C)C2)c(OC)cc1Cl. The molecule has 0 saturated carbocycles. The molecule has 1 aromatic carbocycles. The quantitative estimate of drug-likeness (QED) is 0.854. The fourth-order valence-electron chi connectivity index (χ4n) is 2.53.